The molecular weight excluding hydrogens is 420 g/mol. The van der Waals surface area contributed by atoms with E-state index in [9.17, 15) is 29.8 Å². The van der Waals surface area contributed by atoms with Crippen molar-refractivity contribution < 1.29 is 24.2 Å². The lowest BCUT2D eigenvalue weighted by molar-refractivity contribution is -0.385. The smallest absolute Gasteiger partial charge is 0.343 e. The fraction of sp³-hybridized carbons (Fsp3) is 0. The van der Waals surface area contributed by atoms with Crippen LogP contribution in [0.3, 0.4) is 0 Å². The summed E-state index contributed by atoms with van der Waals surface area (Å²) in [7, 11) is 0. The Balaban J connectivity index is 1.75. The van der Waals surface area contributed by atoms with Gasteiger partial charge in [0.2, 0.25) is 5.75 Å². The van der Waals surface area contributed by atoms with E-state index in [4.69, 9.17) is 4.74 Å². The van der Waals surface area contributed by atoms with E-state index in [1.807, 2.05) is 0 Å². The molecule has 0 radical (unpaired) electrons. The van der Waals surface area contributed by atoms with Gasteiger partial charge in [-0.05, 0) is 30.3 Å². The van der Waals surface area contributed by atoms with Crippen LogP contribution >= 0.6 is 0 Å². The summed E-state index contributed by atoms with van der Waals surface area (Å²) in [5.74, 6) is -1.84. The van der Waals surface area contributed by atoms with Gasteiger partial charge in [-0.2, -0.15) is 5.10 Å². The summed E-state index contributed by atoms with van der Waals surface area (Å²) in [6, 6.07) is 17.0. The van der Waals surface area contributed by atoms with Gasteiger partial charge in [-0.15, -0.1) is 0 Å². The van der Waals surface area contributed by atoms with Gasteiger partial charge in [-0.1, -0.05) is 30.3 Å². The number of nitro benzene ring substituents is 2. The zero-order valence-electron chi connectivity index (χ0n) is 16.2. The number of carbonyl (C=O) groups excluding carboxylic acids is 2. The van der Waals surface area contributed by atoms with Crippen molar-refractivity contribution in [3.05, 3.63) is 110 Å². The molecule has 1 N–H and O–H groups in total. The minimum Gasteiger partial charge on any atom is -0.416 e. The third kappa shape index (κ3) is 5.16. The van der Waals surface area contributed by atoms with Gasteiger partial charge in [0.25, 0.3) is 11.6 Å². The van der Waals surface area contributed by atoms with Gasteiger partial charge < -0.3 is 4.74 Å². The van der Waals surface area contributed by atoms with Crippen LogP contribution in [-0.4, -0.2) is 27.9 Å². The highest BCUT2D eigenvalue weighted by Crippen LogP contribution is 2.28. The van der Waals surface area contributed by atoms with Crippen LogP contribution in [0.5, 0.6) is 5.75 Å². The molecule has 0 aliphatic carbocycles. The molecule has 0 saturated carbocycles. The van der Waals surface area contributed by atoms with Crippen LogP contribution in [0.15, 0.2) is 77.9 Å². The summed E-state index contributed by atoms with van der Waals surface area (Å²) in [6.45, 7) is 0. The molecule has 0 aromatic heterocycles. The summed E-state index contributed by atoms with van der Waals surface area (Å²) < 4.78 is 5.13. The molecule has 3 aromatic rings. The van der Waals surface area contributed by atoms with E-state index < -0.39 is 27.4 Å². The number of hydrogen-bond donors (Lipinski definition) is 1. The first-order valence-corrected chi connectivity index (χ1v) is 8.99. The highest BCUT2D eigenvalue weighted by atomic mass is 16.6. The maximum atomic E-state index is 12.2. The lowest BCUT2D eigenvalue weighted by Crippen LogP contribution is -2.19. The van der Waals surface area contributed by atoms with Gasteiger partial charge in [-0.3, -0.25) is 25.0 Å². The Morgan fingerprint density at radius 1 is 0.875 bits per heavy atom. The Bertz CT molecular complexity index is 1230. The van der Waals surface area contributed by atoms with Gasteiger partial charge in [0, 0.05) is 17.7 Å². The maximum absolute atomic E-state index is 12.2. The third-order valence-corrected chi connectivity index (χ3v) is 4.12. The summed E-state index contributed by atoms with van der Waals surface area (Å²) in [5.41, 5.74) is 1.52. The number of para-hydroxylation sites is 1. The summed E-state index contributed by atoms with van der Waals surface area (Å²) in [6.07, 6.45) is 1.11. The van der Waals surface area contributed by atoms with Gasteiger partial charge in [0.15, 0.2) is 0 Å². The molecule has 11 nitrogen and oxygen atoms in total. The number of nitro groups is 2. The van der Waals surface area contributed by atoms with Gasteiger partial charge in [-0.25, -0.2) is 10.2 Å². The second kappa shape index (κ2) is 9.71. The summed E-state index contributed by atoms with van der Waals surface area (Å²) in [4.78, 5) is 45.3. The predicted molar refractivity (Wildman–Crippen MR) is 113 cm³/mol. The summed E-state index contributed by atoms with van der Waals surface area (Å²) >= 11 is 0. The molecule has 0 aliphatic heterocycles. The molecule has 32 heavy (non-hydrogen) atoms. The zero-order valence-corrected chi connectivity index (χ0v) is 16.2. The SMILES string of the molecule is O=C(Oc1ccc(C=NNC(=O)c2ccccc2[N+](=O)[O-])cc1[N+](=O)[O-])c1ccccc1. The Hall–Kier alpha value is -4.93. The van der Waals surface area contributed by atoms with Crippen LogP contribution in [0.25, 0.3) is 0 Å². The normalized spacial score (nSPS) is 10.5. The second-order valence-electron chi connectivity index (χ2n) is 6.21. The first kappa shape index (κ1) is 21.8. The van der Waals surface area contributed by atoms with E-state index in [-0.39, 0.29) is 28.1 Å². The van der Waals surface area contributed by atoms with Gasteiger partial charge >= 0.3 is 11.7 Å². The minimum atomic E-state index is -0.823. The molecule has 160 valence electrons. The van der Waals surface area contributed by atoms with Crippen molar-refractivity contribution in [2.75, 3.05) is 0 Å². The van der Waals surface area contributed by atoms with Crippen molar-refractivity contribution in [2.24, 2.45) is 5.10 Å². The number of benzene rings is 3. The van der Waals surface area contributed by atoms with E-state index in [2.05, 4.69) is 10.5 Å². The average molecular weight is 434 g/mol. The number of hydrazone groups is 1. The van der Waals surface area contributed by atoms with Crippen LogP contribution in [0.2, 0.25) is 0 Å². The van der Waals surface area contributed by atoms with Crippen molar-refractivity contribution in [3.8, 4) is 5.75 Å². The molecule has 0 saturated heterocycles. The molecule has 3 rings (SSSR count). The lowest BCUT2D eigenvalue weighted by Gasteiger charge is -2.06. The fourth-order valence-electron chi connectivity index (χ4n) is 2.63. The van der Waals surface area contributed by atoms with E-state index in [0.717, 1.165) is 12.3 Å². The van der Waals surface area contributed by atoms with Crippen LogP contribution < -0.4 is 10.2 Å². The Kier molecular flexibility index (Phi) is 6.61. The molecule has 0 atom stereocenters. The number of esters is 1. The van der Waals surface area contributed by atoms with Crippen molar-refractivity contribution in [2.45, 2.75) is 0 Å². The van der Waals surface area contributed by atoms with Crippen LogP contribution in [0.1, 0.15) is 26.3 Å². The predicted octanol–water partition coefficient (Wildman–Crippen LogP) is 3.49. The van der Waals surface area contributed by atoms with E-state index >= 15 is 0 Å². The fourth-order valence-corrected chi connectivity index (χ4v) is 2.63. The molecule has 0 unspecified atom stereocenters. The molecule has 1 amide bonds. The Labute approximate surface area is 180 Å². The van der Waals surface area contributed by atoms with Gasteiger partial charge in [0.1, 0.15) is 5.56 Å². The van der Waals surface area contributed by atoms with E-state index in [0.29, 0.717) is 0 Å². The largest absolute Gasteiger partial charge is 0.416 e. The zero-order chi connectivity index (χ0) is 23.1. The first-order chi connectivity index (χ1) is 15.4. The second-order valence-corrected chi connectivity index (χ2v) is 6.21. The van der Waals surface area contributed by atoms with E-state index in [1.54, 1.807) is 18.2 Å². The summed E-state index contributed by atoms with van der Waals surface area (Å²) in [5, 5.41) is 26.1. The molecule has 0 spiro atoms. The van der Waals surface area contributed by atoms with Crippen molar-refractivity contribution in [1.29, 1.82) is 0 Å². The minimum absolute atomic E-state index is 0.191. The molecule has 11 heteroatoms. The number of amides is 1. The highest BCUT2D eigenvalue weighted by Gasteiger charge is 2.20. The number of nitrogens with one attached hydrogen (secondary N) is 1. The standard InChI is InChI=1S/C21H14N4O7/c26-20(16-8-4-5-9-17(16)24(28)29)23-22-13-14-10-11-19(18(12-14)25(30)31)32-21(27)15-6-2-1-3-7-15/h1-13H,(H,23,26). The monoisotopic (exact) mass is 434 g/mol. The number of ether oxygens (including phenoxy) is 1. The number of hydrogen-bond acceptors (Lipinski definition) is 8. The molecule has 0 bridgehead atoms. The van der Waals surface area contributed by atoms with Crippen LogP contribution in [0.4, 0.5) is 11.4 Å². The van der Waals surface area contributed by atoms with Crippen molar-refractivity contribution >= 4 is 29.5 Å². The third-order valence-electron chi connectivity index (χ3n) is 4.12. The van der Waals surface area contributed by atoms with Gasteiger partial charge in [0.05, 0.1) is 21.6 Å². The number of nitrogens with zero attached hydrogens (tertiary/aromatic N) is 3. The highest BCUT2D eigenvalue weighted by molar-refractivity contribution is 5.98. The quantitative estimate of drug-likeness (QED) is 0.196. The van der Waals surface area contributed by atoms with Crippen molar-refractivity contribution in [1.82, 2.24) is 5.43 Å². The molecule has 0 aliphatic rings. The average Bonchev–Trinajstić information content (AvgIpc) is 2.80. The molecule has 3 aromatic carbocycles. The van der Waals surface area contributed by atoms with E-state index in [1.165, 1.54) is 48.5 Å². The maximum Gasteiger partial charge on any atom is 0.343 e. The van der Waals surface area contributed by atoms with Crippen LogP contribution in [-0.2, 0) is 0 Å². The van der Waals surface area contributed by atoms with Crippen molar-refractivity contribution in [3.63, 3.8) is 0 Å². The topological polar surface area (TPSA) is 154 Å². The lowest BCUT2D eigenvalue weighted by atomic mass is 10.2. The molecular formula is C21H14N4O7. The Morgan fingerprint density at radius 2 is 1.53 bits per heavy atom. The molecule has 0 heterocycles. The van der Waals surface area contributed by atoms with Crippen LogP contribution in [0, 0.1) is 20.2 Å². The number of carbonyl (C=O) groups is 2. The Morgan fingerprint density at radius 3 is 2.22 bits per heavy atom. The molecule has 0 fully saturated rings. The number of rotatable bonds is 7. The first-order valence-electron chi connectivity index (χ1n) is 8.99.